The van der Waals surface area contributed by atoms with Crippen molar-refractivity contribution in [2.75, 3.05) is 24.3 Å². The van der Waals surface area contributed by atoms with Gasteiger partial charge < -0.3 is 10.2 Å². The highest BCUT2D eigenvalue weighted by atomic mass is 35.5. The maximum atomic E-state index is 6.50. The van der Waals surface area contributed by atoms with E-state index in [2.05, 4.69) is 30.1 Å². The molecule has 3 aromatic rings. The van der Waals surface area contributed by atoms with E-state index in [0.29, 0.717) is 10.0 Å². The van der Waals surface area contributed by atoms with Gasteiger partial charge in [0.2, 0.25) is 0 Å². The van der Waals surface area contributed by atoms with Gasteiger partial charge in [-0.2, -0.15) is 0 Å². The molecule has 3 heterocycles. The van der Waals surface area contributed by atoms with Gasteiger partial charge in [0.05, 0.1) is 23.3 Å². The van der Waals surface area contributed by atoms with Crippen LogP contribution in [0.3, 0.4) is 0 Å². The van der Waals surface area contributed by atoms with E-state index in [1.165, 1.54) is 0 Å². The lowest BCUT2D eigenvalue weighted by Gasteiger charge is -2.27. The third kappa shape index (κ3) is 3.43. The molecule has 27 heavy (non-hydrogen) atoms. The van der Waals surface area contributed by atoms with Crippen molar-refractivity contribution in [1.29, 1.82) is 0 Å². The summed E-state index contributed by atoms with van der Waals surface area (Å²) in [6.45, 7) is 0.720. The van der Waals surface area contributed by atoms with E-state index in [0.717, 1.165) is 35.0 Å². The van der Waals surface area contributed by atoms with Crippen molar-refractivity contribution in [3.8, 4) is 0 Å². The summed E-state index contributed by atoms with van der Waals surface area (Å²) in [5.74, 6) is 0.764. The lowest BCUT2D eigenvalue weighted by molar-refractivity contribution is 0.396. The van der Waals surface area contributed by atoms with Crippen molar-refractivity contribution >= 4 is 40.4 Å². The predicted octanol–water partition coefficient (Wildman–Crippen LogP) is 4.50. The van der Waals surface area contributed by atoms with E-state index in [4.69, 9.17) is 23.2 Å². The number of hydrogen-bond donors (Lipinski definition) is 1. The third-order valence-corrected chi connectivity index (χ3v) is 4.97. The lowest BCUT2D eigenvalue weighted by atomic mass is 10.1. The molecular weight excluding hydrogens is 383 g/mol. The largest absolute Gasteiger partial charge is 0.358 e. The summed E-state index contributed by atoms with van der Waals surface area (Å²) in [7, 11) is 4.01. The highest BCUT2D eigenvalue weighted by Gasteiger charge is 2.34. The minimum absolute atomic E-state index is 0.299. The second kappa shape index (κ2) is 7.31. The van der Waals surface area contributed by atoms with Gasteiger partial charge in [0.15, 0.2) is 0 Å². The Balaban J connectivity index is 1.84. The molecule has 0 spiro atoms. The molecule has 0 fully saturated rings. The van der Waals surface area contributed by atoms with Gasteiger partial charge in [0, 0.05) is 34.4 Å². The van der Waals surface area contributed by atoms with Crippen molar-refractivity contribution in [1.82, 2.24) is 19.9 Å². The number of benzene rings is 1. The maximum absolute atomic E-state index is 6.50. The number of rotatable bonds is 4. The van der Waals surface area contributed by atoms with Crippen molar-refractivity contribution < 1.29 is 0 Å². The summed E-state index contributed by atoms with van der Waals surface area (Å²) in [4.78, 5) is 17.2. The fourth-order valence-corrected chi connectivity index (χ4v) is 3.82. The monoisotopic (exact) mass is 400 g/mol. The Hall–Kier alpha value is -2.41. The third-order valence-electron chi connectivity index (χ3n) is 4.32. The molecule has 1 atom stereocenters. The predicted molar refractivity (Wildman–Crippen MR) is 109 cm³/mol. The Labute approximate surface area is 167 Å². The molecule has 1 aliphatic heterocycles. The molecule has 6 nitrogen and oxygen atoms in total. The van der Waals surface area contributed by atoms with Gasteiger partial charge in [-0.25, -0.2) is 9.97 Å². The number of halogens is 2. The average molecular weight is 401 g/mol. The van der Waals surface area contributed by atoms with E-state index >= 15 is 0 Å². The van der Waals surface area contributed by atoms with E-state index in [-0.39, 0.29) is 6.17 Å². The zero-order valence-electron chi connectivity index (χ0n) is 14.9. The van der Waals surface area contributed by atoms with Gasteiger partial charge in [-0.05, 0) is 32.3 Å². The molecule has 0 saturated carbocycles. The second-order valence-corrected chi connectivity index (χ2v) is 7.36. The van der Waals surface area contributed by atoms with E-state index in [9.17, 15) is 0 Å². The van der Waals surface area contributed by atoms with Crippen LogP contribution in [0.2, 0.25) is 10.0 Å². The molecule has 0 bridgehead atoms. The SMILES string of the molecule is CN(C)Cc1cc(N2c3ccncc3NC2c2c(Cl)cccc2Cl)ncn1. The van der Waals surface area contributed by atoms with Gasteiger partial charge in [-0.15, -0.1) is 0 Å². The summed E-state index contributed by atoms with van der Waals surface area (Å²) >= 11 is 13.0. The molecule has 4 rings (SSSR count). The van der Waals surface area contributed by atoms with Gasteiger partial charge in [-0.3, -0.25) is 9.88 Å². The first kappa shape index (κ1) is 18.0. The molecule has 0 saturated heterocycles. The van der Waals surface area contributed by atoms with E-state index in [1.54, 1.807) is 18.7 Å². The van der Waals surface area contributed by atoms with Crippen LogP contribution in [0.4, 0.5) is 17.2 Å². The highest BCUT2D eigenvalue weighted by molar-refractivity contribution is 6.36. The van der Waals surface area contributed by atoms with Crippen LogP contribution in [0.5, 0.6) is 0 Å². The topological polar surface area (TPSA) is 57.2 Å². The first-order valence-corrected chi connectivity index (χ1v) is 9.19. The Morgan fingerprint density at radius 2 is 1.93 bits per heavy atom. The first-order chi connectivity index (χ1) is 13.0. The second-order valence-electron chi connectivity index (χ2n) is 6.55. The van der Waals surface area contributed by atoms with Gasteiger partial charge in [0.1, 0.15) is 18.3 Å². The van der Waals surface area contributed by atoms with Crippen LogP contribution in [0.1, 0.15) is 17.4 Å². The summed E-state index contributed by atoms with van der Waals surface area (Å²) in [6.07, 6.45) is 4.83. The lowest BCUT2D eigenvalue weighted by Crippen LogP contribution is -2.25. The van der Waals surface area contributed by atoms with Crippen LogP contribution < -0.4 is 10.2 Å². The molecule has 0 radical (unpaired) electrons. The smallest absolute Gasteiger partial charge is 0.138 e. The summed E-state index contributed by atoms with van der Waals surface area (Å²) < 4.78 is 0. The Bertz CT molecular complexity index is 958. The summed E-state index contributed by atoms with van der Waals surface area (Å²) in [6, 6.07) is 9.43. The minimum atomic E-state index is -0.299. The normalized spacial score (nSPS) is 15.7. The molecule has 0 aliphatic carbocycles. The number of nitrogens with one attached hydrogen (secondary N) is 1. The molecule has 1 aromatic carbocycles. The number of aromatic nitrogens is 3. The Morgan fingerprint density at radius 3 is 2.67 bits per heavy atom. The van der Waals surface area contributed by atoms with Crippen molar-refractivity contribution in [2.45, 2.75) is 12.7 Å². The van der Waals surface area contributed by atoms with Crippen LogP contribution in [0.25, 0.3) is 0 Å². The van der Waals surface area contributed by atoms with Gasteiger partial charge in [0.25, 0.3) is 0 Å². The number of hydrogen-bond acceptors (Lipinski definition) is 6. The van der Waals surface area contributed by atoms with Crippen LogP contribution in [-0.2, 0) is 6.54 Å². The standard InChI is InChI=1S/C19H18Cl2N6/c1-26(2)10-12-8-17(24-11-23-12)27-16-6-7-22-9-15(16)25-19(27)18-13(20)4-3-5-14(18)21/h3-9,11,19,25H,10H2,1-2H3. The average Bonchev–Trinajstić information content (AvgIpc) is 3.00. The van der Waals surface area contributed by atoms with Crippen molar-refractivity contribution in [3.05, 3.63) is 70.4 Å². The fourth-order valence-electron chi connectivity index (χ4n) is 3.22. The number of pyridine rings is 1. The molecule has 138 valence electrons. The fraction of sp³-hybridized carbons (Fsp3) is 0.211. The number of fused-ring (bicyclic) bond motifs is 1. The van der Waals surface area contributed by atoms with E-state index < -0.39 is 0 Å². The summed E-state index contributed by atoms with van der Waals surface area (Å²) in [5.41, 5.74) is 3.58. The quantitative estimate of drug-likeness (QED) is 0.695. The van der Waals surface area contributed by atoms with Gasteiger partial charge in [-0.1, -0.05) is 29.3 Å². The van der Waals surface area contributed by atoms with Crippen molar-refractivity contribution in [3.63, 3.8) is 0 Å². The van der Waals surface area contributed by atoms with Gasteiger partial charge >= 0.3 is 0 Å². The first-order valence-electron chi connectivity index (χ1n) is 8.44. The maximum Gasteiger partial charge on any atom is 0.138 e. The van der Waals surface area contributed by atoms with Crippen molar-refractivity contribution in [2.24, 2.45) is 0 Å². The molecule has 1 unspecified atom stereocenters. The highest BCUT2D eigenvalue weighted by Crippen LogP contribution is 2.47. The Morgan fingerprint density at radius 1 is 1.15 bits per heavy atom. The van der Waals surface area contributed by atoms with Crippen LogP contribution in [-0.4, -0.2) is 33.9 Å². The molecule has 1 N–H and O–H groups in total. The molecule has 8 heteroatoms. The zero-order chi connectivity index (χ0) is 19.0. The molecule has 1 aliphatic rings. The van der Waals surface area contributed by atoms with Crippen LogP contribution in [0, 0.1) is 0 Å². The minimum Gasteiger partial charge on any atom is -0.358 e. The number of nitrogens with zero attached hydrogens (tertiary/aromatic N) is 5. The molecule has 2 aromatic heterocycles. The van der Waals surface area contributed by atoms with Crippen LogP contribution >= 0.6 is 23.2 Å². The van der Waals surface area contributed by atoms with Crippen LogP contribution in [0.15, 0.2) is 49.1 Å². The number of anilines is 3. The zero-order valence-corrected chi connectivity index (χ0v) is 16.4. The Kier molecular flexibility index (Phi) is 4.86. The molecular formula is C19H18Cl2N6. The molecule has 0 amide bonds. The summed E-state index contributed by atoms with van der Waals surface area (Å²) in [5, 5.41) is 4.65. The van der Waals surface area contributed by atoms with E-state index in [1.807, 2.05) is 44.4 Å².